The Labute approximate surface area is 98.5 Å². The van der Waals surface area contributed by atoms with Gasteiger partial charge in [-0.25, -0.2) is 4.79 Å². The first-order valence-corrected chi connectivity index (χ1v) is 4.84. The van der Waals surface area contributed by atoms with Gasteiger partial charge in [-0.3, -0.25) is 9.79 Å². The predicted molar refractivity (Wildman–Crippen MR) is 65.0 cm³/mol. The number of carbonyl (C=O) groups is 2. The van der Waals surface area contributed by atoms with E-state index in [-0.39, 0.29) is 5.56 Å². The van der Waals surface area contributed by atoms with E-state index < -0.39 is 5.97 Å². The molecule has 0 unspecified atom stereocenters. The van der Waals surface area contributed by atoms with Crippen molar-refractivity contribution in [2.45, 2.75) is 0 Å². The Morgan fingerprint density at radius 2 is 2.12 bits per heavy atom. The molecule has 2 N–H and O–H groups in total. The van der Waals surface area contributed by atoms with Crippen molar-refractivity contribution >= 4 is 24.2 Å². The van der Waals surface area contributed by atoms with Gasteiger partial charge in [-0.15, -0.1) is 0 Å². The van der Waals surface area contributed by atoms with Crippen molar-refractivity contribution in [1.29, 1.82) is 0 Å². The lowest BCUT2D eigenvalue weighted by Crippen LogP contribution is -2.03. The molecule has 5 heteroatoms. The van der Waals surface area contributed by atoms with Gasteiger partial charge in [-0.2, -0.15) is 0 Å². The van der Waals surface area contributed by atoms with Crippen molar-refractivity contribution in [3.8, 4) is 0 Å². The molecule has 0 atom stereocenters. The lowest BCUT2D eigenvalue weighted by molar-refractivity contribution is -0.108. The SMILES string of the molecule is CN=C/C(=C\NC=O)c1cccc(C(=O)O)c1. The summed E-state index contributed by atoms with van der Waals surface area (Å²) in [6.45, 7) is 0. The number of hydrogen-bond acceptors (Lipinski definition) is 3. The van der Waals surface area contributed by atoms with Crippen LogP contribution in [0.4, 0.5) is 0 Å². The van der Waals surface area contributed by atoms with Crippen molar-refractivity contribution in [2.24, 2.45) is 4.99 Å². The molecule has 0 fully saturated rings. The third-order valence-corrected chi connectivity index (χ3v) is 2.02. The van der Waals surface area contributed by atoms with E-state index in [1.807, 2.05) is 0 Å². The fourth-order valence-electron chi connectivity index (χ4n) is 1.29. The highest BCUT2D eigenvalue weighted by molar-refractivity contribution is 6.10. The van der Waals surface area contributed by atoms with Gasteiger partial charge in [0.2, 0.25) is 6.41 Å². The number of amides is 1. The van der Waals surface area contributed by atoms with E-state index in [1.165, 1.54) is 24.5 Å². The van der Waals surface area contributed by atoms with E-state index in [2.05, 4.69) is 10.3 Å². The zero-order valence-corrected chi connectivity index (χ0v) is 9.25. The van der Waals surface area contributed by atoms with Crippen LogP contribution in [0.3, 0.4) is 0 Å². The van der Waals surface area contributed by atoms with E-state index in [4.69, 9.17) is 5.11 Å². The highest BCUT2D eigenvalue weighted by Crippen LogP contribution is 2.14. The zero-order chi connectivity index (χ0) is 12.7. The van der Waals surface area contributed by atoms with Crippen LogP contribution < -0.4 is 5.32 Å². The molecule has 0 aliphatic rings. The Kier molecular flexibility index (Phi) is 4.62. The fraction of sp³-hybridized carbons (Fsp3) is 0.0833. The molecule has 0 spiro atoms. The number of carboxylic acids is 1. The normalized spacial score (nSPS) is 11.5. The lowest BCUT2D eigenvalue weighted by atomic mass is 10.0. The van der Waals surface area contributed by atoms with Crippen molar-refractivity contribution in [3.05, 3.63) is 41.6 Å². The number of rotatable bonds is 5. The van der Waals surface area contributed by atoms with Crippen LogP contribution in [-0.4, -0.2) is 30.7 Å². The molecule has 1 aromatic carbocycles. The lowest BCUT2D eigenvalue weighted by Gasteiger charge is -2.03. The Bertz CT molecular complexity index is 478. The van der Waals surface area contributed by atoms with Crippen molar-refractivity contribution in [1.82, 2.24) is 5.32 Å². The highest BCUT2D eigenvalue weighted by Gasteiger charge is 2.05. The first-order chi connectivity index (χ1) is 8.19. The minimum Gasteiger partial charge on any atom is -0.478 e. The van der Waals surface area contributed by atoms with E-state index in [0.29, 0.717) is 17.5 Å². The second-order valence-corrected chi connectivity index (χ2v) is 3.16. The largest absolute Gasteiger partial charge is 0.478 e. The summed E-state index contributed by atoms with van der Waals surface area (Å²) in [6, 6.07) is 6.39. The standard InChI is InChI=1S/C12H12N2O3/c1-13-6-11(7-14-8-15)9-3-2-4-10(5-9)12(16)17/h2-8H,1H3,(H,14,15)(H,16,17)/b11-7+,13-6?. The number of benzene rings is 1. The fourth-order valence-corrected chi connectivity index (χ4v) is 1.29. The molecule has 88 valence electrons. The third-order valence-electron chi connectivity index (χ3n) is 2.02. The second kappa shape index (κ2) is 6.22. The summed E-state index contributed by atoms with van der Waals surface area (Å²) in [7, 11) is 1.59. The number of nitrogens with one attached hydrogen (secondary N) is 1. The van der Waals surface area contributed by atoms with Gasteiger partial charge in [0.15, 0.2) is 0 Å². The van der Waals surface area contributed by atoms with Crippen molar-refractivity contribution in [2.75, 3.05) is 7.05 Å². The number of carboxylic acid groups (broad SMARTS) is 1. The molecule has 5 nitrogen and oxygen atoms in total. The van der Waals surface area contributed by atoms with Crippen LogP contribution in [0, 0.1) is 0 Å². The molecule has 0 aliphatic carbocycles. The van der Waals surface area contributed by atoms with Crippen LogP contribution in [0.5, 0.6) is 0 Å². The number of nitrogens with zero attached hydrogens (tertiary/aromatic N) is 1. The Morgan fingerprint density at radius 1 is 1.41 bits per heavy atom. The molecule has 0 saturated heterocycles. The van der Waals surface area contributed by atoms with Crippen LogP contribution in [0.15, 0.2) is 35.5 Å². The summed E-state index contributed by atoms with van der Waals surface area (Å²) >= 11 is 0. The summed E-state index contributed by atoms with van der Waals surface area (Å²) in [5.74, 6) is -0.997. The van der Waals surface area contributed by atoms with Crippen molar-refractivity contribution < 1.29 is 14.7 Å². The molecule has 0 aromatic heterocycles. The number of allylic oxidation sites excluding steroid dienone is 1. The summed E-state index contributed by atoms with van der Waals surface area (Å²) in [5.41, 5.74) is 1.48. The maximum atomic E-state index is 10.8. The van der Waals surface area contributed by atoms with Gasteiger partial charge >= 0.3 is 5.97 Å². The number of carbonyl (C=O) groups excluding carboxylic acids is 1. The average Bonchev–Trinajstić information content (AvgIpc) is 2.34. The Hall–Kier alpha value is -2.43. The first-order valence-electron chi connectivity index (χ1n) is 4.84. The van der Waals surface area contributed by atoms with Gasteiger partial charge in [-0.1, -0.05) is 12.1 Å². The molecule has 0 saturated carbocycles. The molecule has 0 radical (unpaired) electrons. The van der Waals surface area contributed by atoms with Gasteiger partial charge in [-0.05, 0) is 17.7 Å². The summed E-state index contributed by atoms with van der Waals surface area (Å²) in [5, 5.41) is 11.3. The van der Waals surface area contributed by atoms with E-state index in [0.717, 1.165) is 0 Å². The molecule has 1 amide bonds. The van der Waals surface area contributed by atoms with Gasteiger partial charge in [0.25, 0.3) is 0 Å². The van der Waals surface area contributed by atoms with Crippen LogP contribution in [0.2, 0.25) is 0 Å². The predicted octanol–water partition coefficient (Wildman–Crippen LogP) is 1.17. The quantitative estimate of drug-likeness (QED) is 0.591. The summed E-state index contributed by atoms with van der Waals surface area (Å²) in [6.07, 6.45) is 3.53. The van der Waals surface area contributed by atoms with Crippen LogP contribution in [0.25, 0.3) is 5.57 Å². The van der Waals surface area contributed by atoms with E-state index >= 15 is 0 Å². The minimum atomic E-state index is -0.997. The molecular formula is C12H12N2O3. The van der Waals surface area contributed by atoms with Gasteiger partial charge in [0.05, 0.1) is 5.56 Å². The highest BCUT2D eigenvalue weighted by atomic mass is 16.4. The molecule has 0 heterocycles. The van der Waals surface area contributed by atoms with Gasteiger partial charge in [0.1, 0.15) is 0 Å². The smallest absolute Gasteiger partial charge is 0.335 e. The van der Waals surface area contributed by atoms with Crippen LogP contribution in [0.1, 0.15) is 15.9 Å². The summed E-state index contributed by atoms with van der Waals surface area (Å²) < 4.78 is 0. The van der Waals surface area contributed by atoms with Gasteiger partial charge in [0, 0.05) is 25.0 Å². The topological polar surface area (TPSA) is 78.8 Å². The molecule has 0 aliphatic heterocycles. The van der Waals surface area contributed by atoms with E-state index in [1.54, 1.807) is 19.2 Å². The Morgan fingerprint density at radius 3 is 2.71 bits per heavy atom. The first kappa shape index (κ1) is 12.6. The van der Waals surface area contributed by atoms with E-state index in [9.17, 15) is 9.59 Å². The molecule has 1 aromatic rings. The number of hydrogen-bond donors (Lipinski definition) is 2. The maximum Gasteiger partial charge on any atom is 0.335 e. The number of aliphatic imine (C=N–C) groups is 1. The van der Waals surface area contributed by atoms with Crippen LogP contribution in [-0.2, 0) is 4.79 Å². The number of aromatic carboxylic acids is 1. The molecule has 0 bridgehead atoms. The second-order valence-electron chi connectivity index (χ2n) is 3.16. The van der Waals surface area contributed by atoms with Crippen LogP contribution >= 0.6 is 0 Å². The van der Waals surface area contributed by atoms with Gasteiger partial charge < -0.3 is 10.4 Å². The maximum absolute atomic E-state index is 10.8. The summed E-state index contributed by atoms with van der Waals surface area (Å²) in [4.78, 5) is 24.9. The minimum absolute atomic E-state index is 0.184. The molecule has 17 heavy (non-hydrogen) atoms. The monoisotopic (exact) mass is 232 g/mol. The third kappa shape index (κ3) is 3.57. The van der Waals surface area contributed by atoms with Crippen molar-refractivity contribution in [3.63, 3.8) is 0 Å². The average molecular weight is 232 g/mol. The molecule has 1 rings (SSSR count). The Balaban J connectivity index is 3.14. The molecular weight excluding hydrogens is 220 g/mol. The zero-order valence-electron chi connectivity index (χ0n) is 9.25.